The van der Waals surface area contributed by atoms with Crippen molar-refractivity contribution in [1.82, 2.24) is 0 Å². The van der Waals surface area contributed by atoms with Crippen molar-refractivity contribution in [3.05, 3.63) is 12.3 Å². The number of carbonyl (C=O) groups excluding carboxylic acids is 1. The predicted molar refractivity (Wildman–Crippen MR) is 218 cm³/mol. The molecule has 0 amide bonds. The zero-order valence-corrected chi connectivity index (χ0v) is 35.2. The van der Waals surface area contributed by atoms with E-state index in [-0.39, 0.29) is 37.9 Å². The standard InChI is InChI=1S/C45H88O7/c1-8-12-16-20-22-26-29-39(28-24-18-14-10-3)32-38(5)51-36-42(41(34-44(6,47)48)35-45(7,49)50)37-52-43(46)33-40(30-25-19-15-11-4)31-27-23-21-17-13-9-2/h39-42,47-50H,5,8-37H2,1-4,6-7H3. The lowest BCUT2D eigenvalue weighted by atomic mass is 9.82. The molecule has 0 saturated heterocycles. The average Bonchev–Trinajstić information content (AvgIpc) is 3.06. The van der Waals surface area contributed by atoms with Gasteiger partial charge >= 0.3 is 5.97 Å². The van der Waals surface area contributed by atoms with E-state index in [1.165, 1.54) is 129 Å². The van der Waals surface area contributed by atoms with Crippen LogP contribution in [0.25, 0.3) is 0 Å². The van der Waals surface area contributed by atoms with Gasteiger partial charge in [0.1, 0.15) is 0 Å². The molecule has 0 radical (unpaired) electrons. The third-order valence-corrected chi connectivity index (χ3v) is 10.8. The van der Waals surface area contributed by atoms with Crippen molar-refractivity contribution in [2.24, 2.45) is 23.7 Å². The number of esters is 1. The molecule has 52 heavy (non-hydrogen) atoms. The van der Waals surface area contributed by atoms with E-state index in [0.29, 0.717) is 18.1 Å². The van der Waals surface area contributed by atoms with Crippen LogP contribution in [0, 0.1) is 23.7 Å². The molecule has 0 bridgehead atoms. The molecule has 0 aliphatic heterocycles. The number of carbonyl (C=O) groups is 1. The number of ether oxygens (including phenoxy) is 2. The van der Waals surface area contributed by atoms with Crippen molar-refractivity contribution in [1.29, 1.82) is 0 Å². The first-order valence-electron chi connectivity index (χ1n) is 22.1. The number of rotatable bonds is 38. The summed E-state index contributed by atoms with van der Waals surface area (Å²) in [5.74, 6) is -3.88. The fraction of sp³-hybridized carbons (Fsp3) is 0.933. The largest absolute Gasteiger partial charge is 0.498 e. The maximum Gasteiger partial charge on any atom is 0.306 e. The summed E-state index contributed by atoms with van der Waals surface area (Å²) in [5, 5.41) is 41.6. The van der Waals surface area contributed by atoms with E-state index in [0.717, 1.165) is 44.9 Å². The second-order valence-electron chi connectivity index (χ2n) is 16.8. The summed E-state index contributed by atoms with van der Waals surface area (Å²) in [7, 11) is 0. The summed E-state index contributed by atoms with van der Waals surface area (Å²) in [6.45, 7) is 16.0. The Labute approximate surface area is 322 Å². The molecule has 0 aromatic rings. The van der Waals surface area contributed by atoms with Gasteiger partial charge in [0.15, 0.2) is 11.6 Å². The molecule has 0 heterocycles. The van der Waals surface area contributed by atoms with E-state index in [2.05, 4.69) is 34.3 Å². The maximum absolute atomic E-state index is 13.3. The Kier molecular flexibility index (Phi) is 31.4. The quantitative estimate of drug-likeness (QED) is 0.0215. The van der Waals surface area contributed by atoms with Crippen LogP contribution in [0.1, 0.15) is 221 Å². The van der Waals surface area contributed by atoms with Crippen molar-refractivity contribution < 1.29 is 34.7 Å². The minimum absolute atomic E-state index is 0.0146. The topological polar surface area (TPSA) is 116 Å². The Balaban J connectivity index is 5.63. The summed E-state index contributed by atoms with van der Waals surface area (Å²) in [5.41, 5.74) is 0. The van der Waals surface area contributed by atoms with Gasteiger partial charge in [-0.15, -0.1) is 0 Å². The van der Waals surface area contributed by atoms with Gasteiger partial charge in [0, 0.05) is 31.6 Å². The molecule has 0 fully saturated rings. The normalized spacial score (nSPS) is 14.1. The summed E-state index contributed by atoms with van der Waals surface area (Å²) in [4.78, 5) is 13.3. The van der Waals surface area contributed by atoms with Crippen molar-refractivity contribution in [3.63, 3.8) is 0 Å². The molecule has 7 nitrogen and oxygen atoms in total. The minimum Gasteiger partial charge on any atom is -0.498 e. The van der Waals surface area contributed by atoms with Crippen LogP contribution < -0.4 is 0 Å². The zero-order chi connectivity index (χ0) is 39.1. The third-order valence-electron chi connectivity index (χ3n) is 10.8. The molecular weight excluding hydrogens is 652 g/mol. The van der Waals surface area contributed by atoms with Gasteiger partial charge in [-0.3, -0.25) is 4.79 Å². The fourth-order valence-electron chi connectivity index (χ4n) is 7.66. The van der Waals surface area contributed by atoms with Crippen LogP contribution in [0.5, 0.6) is 0 Å². The highest BCUT2D eigenvalue weighted by Crippen LogP contribution is 2.32. The van der Waals surface area contributed by atoms with E-state index in [9.17, 15) is 25.2 Å². The molecule has 310 valence electrons. The molecule has 3 atom stereocenters. The Morgan fingerprint density at radius 1 is 0.500 bits per heavy atom. The smallest absolute Gasteiger partial charge is 0.306 e. The Bertz CT molecular complexity index is 765. The third kappa shape index (κ3) is 32.3. The molecule has 4 N–H and O–H groups in total. The predicted octanol–water partition coefficient (Wildman–Crippen LogP) is 11.9. The second-order valence-corrected chi connectivity index (χ2v) is 16.8. The summed E-state index contributed by atoms with van der Waals surface area (Å²) in [6, 6.07) is 0. The number of unbranched alkanes of at least 4 members (excludes halogenated alkanes) is 16. The van der Waals surface area contributed by atoms with Crippen molar-refractivity contribution in [2.75, 3.05) is 13.2 Å². The fourth-order valence-corrected chi connectivity index (χ4v) is 7.66. The molecule has 0 aliphatic rings. The molecule has 3 unspecified atom stereocenters. The number of aliphatic hydroxyl groups is 4. The lowest BCUT2D eigenvalue weighted by Crippen LogP contribution is -2.39. The van der Waals surface area contributed by atoms with Gasteiger partial charge in [-0.1, -0.05) is 176 Å². The Morgan fingerprint density at radius 3 is 1.21 bits per heavy atom. The Morgan fingerprint density at radius 2 is 0.827 bits per heavy atom. The first kappa shape index (κ1) is 50.9. The van der Waals surface area contributed by atoms with Crippen molar-refractivity contribution in [3.8, 4) is 0 Å². The molecule has 0 aromatic heterocycles. The van der Waals surface area contributed by atoms with E-state index in [1.54, 1.807) is 0 Å². The van der Waals surface area contributed by atoms with Crippen LogP contribution in [0.15, 0.2) is 12.3 Å². The summed E-state index contributed by atoms with van der Waals surface area (Å²) < 4.78 is 12.2. The highest BCUT2D eigenvalue weighted by molar-refractivity contribution is 5.69. The molecular formula is C45H88O7. The lowest BCUT2D eigenvalue weighted by molar-refractivity contribution is -0.193. The number of hydrogen-bond donors (Lipinski definition) is 4. The summed E-state index contributed by atoms with van der Waals surface area (Å²) >= 11 is 0. The minimum atomic E-state index is -2.03. The van der Waals surface area contributed by atoms with Gasteiger partial charge in [0.25, 0.3) is 0 Å². The second kappa shape index (κ2) is 32.1. The van der Waals surface area contributed by atoms with Gasteiger partial charge in [0.2, 0.25) is 0 Å². The van der Waals surface area contributed by atoms with Crippen molar-refractivity contribution >= 4 is 5.97 Å². The zero-order valence-electron chi connectivity index (χ0n) is 35.2. The first-order valence-corrected chi connectivity index (χ1v) is 22.1. The van der Waals surface area contributed by atoms with E-state index < -0.39 is 23.4 Å². The lowest BCUT2D eigenvalue weighted by Gasteiger charge is -2.34. The van der Waals surface area contributed by atoms with Crippen LogP contribution in [0.2, 0.25) is 0 Å². The number of hydrogen-bond acceptors (Lipinski definition) is 7. The first-order chi connectivity index (χ1) is 24.7. The SMILES string of the molecule is C=C(CC(CCCCCC)CCCCCCCC)OCC(COC(=O)CC(CCCCCC)CCCCCCCC)C(CC(C)(O)O)CC(C)(O)O. The van der Waals surface area contributed by atoms with E-state index >= 15 is 0 Å². The van der Waals surface area contributed by atoms with E-state index in [4.69, 9.17) is 9.47 Å². The van der Waals surface area contributed by atoms with Crippen molar-refractivity contribution in [2.45, 2.75) is 233 Å². The van der Waals surface area contributed by atoms with Gasteiger partial charge < -0.3 is 29.9 Å². The average molecular weight is 741 g/mol. The molecule has 0 saturated carbocycles. The number of allylic oxidation sites excluding steroid dienone is 1. The molecule has 7 heteroatoms. The van der Waals surface area contributed by atoms with Crippen LogP contribution in [-0.2, 0) is 14.3 Å². The summed E-state index contributed by atoms with van der Waals surface area (Å²) in [6.07, 6.45) is 29.9. The van der Waals surface area contributed by atoms with Crippen LogP contribution in [0.3, 0.4) is 0 Å². The molecule has 0 rings (SSSR count). The monoisotopic (exact) mass is 741 g/mol. The molecule has 0 aromatic carbocycles. The highest BCUT2D eigenvalue weighted by Gasteiger charge is 2.35. The highest BCUT2D eigenvalue weighted by atomic mass is 16.5. The van der Waals surface area contributed by atoms with Crippen LogP contribution >= 0.6 is 0 Å². The van der Waals surface area contributed by atoms with Gasteiger partial charge in [-0.05, 0) is 44.4 Å². The maximum atomic E-state index is 13.3. The molecule has 0 spiro atoms. The Hall–Kier alpha value is -1.15. The van der Waals surface area contributed by atoms with Crippen LogP contribution in [-0.4, -0.2) is 51.2 Å². The van der Waals surface area contributed by atoms with Crippen LogP contribution in [0.4, 0.5) is 0 Å². The van der Waals surface area contributed by atoms with Gasteiger partial charge in [0.05, 0.1) is 19.0 Å². The molecule has 0 aliphatic carbocycles. The van der Waals surface area contributed by atoms with Gasteiger partial charge in [-0.25, -0.2) is 0 Å². The van der Waals surface area contributed by atoms with E-state index in [1.807, 2.05) is 0 Å². The van der Waals surface area contributed by atoms with Gasteiger partial charge in [-0.2, -0.15) is 0 Å².